The lowest BCUT2D eigenvalue weighted by Crippen LogP contribution is -2.14. The molecule has 1 rings (SSSR count). The van der Waals surface area contributed by atoms with Crippen LogP contribution >= 0.6 is 0 Å². The second-order valence-corrected chi connectivity index (χ2v) is 2.68. The summed E-state index contributed by atoms with van der Waals surface area (Å²) in [5.74, 6) is 0.898. The molecule has 0 spiro atoms. The van der Waals surface area contributed by atoms with Gasteiger partial charge in [-0.2, -0.15) is 0 Å². The highest BCUT2D eigenvalue weighted by molar-refractivity contribution is 4.73. The maximum Gasteiger partial charge on any atom is 0.0319 e. The zero-order valence-electron chi connectivity index (χ0n) is 8.30. The fourth-order valence-electron chi connectivity index (χ4n) is 1.25. The van der Waals surface area contributed by atoms with E-state index in [9.17, 15) is 0 Å². The SMILES string of the molecule is CC.CC1CCC(N)C1.CO. The van der Waals surface area contributed by atoms with Gasteiger partial charge in [0.15, 0.2) is 0 Å². The average Bonchev–Trinajstić information content (AvgIpc) is 2.43. The largest absolute Gasteiger partial charge is 0.400 e. The Bertz CT molecular complexity index is 58.6. The molecule has 2 heteroatoms. The van der Waals surface area contributed by atoms with Crippen LogP contribution in [-0.4, -0.2) is 18.3 Å². The van der Waals surface area contributed by atoms with Gasteiger partial charge in [-0.1, -0.05) is 20.8 Å². The molecule has 0 saturated heterocycles. The molecule has 70 valence electrons. The summed E-state index contributed by atoms with van der Waals surface area (Å²) in [6.45, 7) is 6.27. The lowest BCUT2D eigenvalue weighted by Gasteiger charge is -1.97. The first-order valence-corrected chi connectivity index (χ1v) is 4.49. The molecule has 0 amide bonds. The van der Waals surface area contributed by atoms with Crippen LogP contribution in [0.5, 0.6) is 0 Å². The quantitative estimate of drug-likeness (QED) is 0.569. The molecule has 0 bridgehead atoms. The highest BCUT2D eigenvalue weighted by Gasteiger charge is 2.16. The normalized spacial score (nSPS) is 27.8. The molecule has 0 radical (unpaired) electrons. The molecule has 1 aliphatic carbocycles. The van der Waals surface area contributed by atoms with E-state index in [1.54, 1.807) is 0 Å². The second-order valence-electron chi connectivity index (χ2n) is 2.68. The van der Waals surface area contributed by atoms with Gasteiger partial charge in [0, 0.05) is 13.2 Å². The third-order valence-corrected chi connectivity index (χ3v) is 1.74. The van der Waals surface area contributed by atoms with Crippen LogP contribution in [0.3, 0.4) is 0 Å². The van der Waals surface area contributed by atoms with Crippen molar-refractivity contribution in [3.8, 4) is 0 Å². The minimum Gasteiger partial charge on any atom is -0.400 e. The van der Waals surface area contributed by atoms with Gasteiger partial charge in [0.2, 0.25) is 0 Å². The smallest absolute Gasteiger partial charge is 0.0319 e. The number of aliphatic hydroxyl groups excluding tert-OH is 1. The molecule has 1 aliphatic rings. The molecule has 11 heavy (non-hydrogen) atoms. The summed E-state index contributed by atoms with van der Waals surface area (Å²) in [6.07, 6.45) is 3.85. The van der Waals surface area contributed by atoms with Gasteiger partial charge in [-0.3, -0.25) is 0 Å². The van der Waals surface area contributed by atoms with Crippen molar-refractivity contribution < 1.29 is 5.11 Å². The fourth-order valence-corrected chi connectivity index (χ4v) is 1.25. The molecule has 0 heterocycles. The van der Waals surface area contributed by atoms with Gasteiger partial charge in [0.25, 0.3) is 0 Å². The van der Waals surface area contributed by atoms with Gasteiger partial charge in [-0.25, -0.2) is 0 Å². The molecule has 0 aromatic carbocycles. The van der Waals surface area contributed by atoms with Crippen molar-refractivity contribution in [1.82, 2.24) is 0 Å². The van der Waals surface area contributed by atoms with Gasteiger partial charge < -0.3 is 10.8 Å². The Hall–Kier alpha value is -0.0800. The van der Waals surface area contributed by atoms with Crippen molar-refractivity contribution in [3.05, 3.63) is 0 Å². The summed E-state index contributed by atoms with van der Waals surface area (Å²) in [7, 11) is 1.00. The van der Waals surface area contributed by atoms with E-state index < -0.39 is 0 Å². The number of hydrogen-bond donors (Lipinski definition) is 2. The average molecular weight is 161 g/mol. The Balaban J connectivity index is 0. The van der Waals surface area contributed by atoms with Crippen molar-refractivity contribution in [3.63, 3.8) is 0 Å². The van der Waals surface area contributed by atoms with E-state index >= 15 is 0 Å². The van der Waals surface area contributed by atoms with E-state index in [0.29, 0.717) is 6.04 Å². The number of hydrogen-bond acceptors (Lipinski definition) is 2. The first kappa shape index (κ1) is 13.5. The lowest BCUT2D eigenvalue weighted by atomic mass is 10.1. The molecular formula is C9H23NO. The van der Waals surface area contributed by atoms with Crippen LogP contribution in [0, 0.1) is 5.92 Å². The first-order chi connectivity index (χ1) is 5.29. The van der Waals surface area contributed by atoms with E-state index in [1.807, 2.05) is 13.8 Å². The molecule has 1 saturated carbocycles. The number of rotatable bonds is 0. The minimum atomic E-state index is 0.523. The van der Waals surface area contributed by atoms with Crippen LogP contribution in [0.4, 0.5) is 0 Å². The van der Waals surface area contributed by atoms with Gasteiger partial charge in [-0.15, -0.1) is 0 Å². The molecule has 2 nitrogen and oxygen atoms in total. The topological polar surface area (TPSA) is 46.2 Å². The standard InChI is InChI=1S/C6H13N.C2H6.CH4O/c1-5-2-3-6(7)4-5;2*1-2/h5-6H,2-4,7H2,1H3;1-2H3;2H,1H3. The van der Waals surface area contributed by atoms with Gasteiger partial charge >= 0.3 is 0 Å². The molecule has 0 aliphatic heterocycles. The highest BCUT2D eigenvalue weighted by Crippen LogP contribution is 2.22. The van der Waals surface area contributed by atoms with Gasteiger partial charge in [0.05, 0.1) is 0 Å². The summed E-state index contributed by atoms with van der Waals surface area (Å²) in [6, 6.07) is 0.523. The Kier molecular flexibility index (Phi) is 12.2. The van der Waals surface area contributed by atoms with Crippen molar-refractivity contribution in [2.45, 2.75) is 46.1 Å². The van der Waals surface area contributed by atoms with Crippen molar-refractivity contribution in [2.24, 2.45) is 11.7 Å². The lowest BCUT2D eigenvalue weighted by molar-refractivity contribution is 0.399. The maximum atomic E-state index is 7.00. The van der Waals surface area contributed by atoms with Gasteiger partial charge in [-0.05, 0) is 25.2 Å². The van der Waals surface area contributed by atoms with E-state index in [1.165, 1.54) is 19.3 Å². The molecule has 2 atom stereocenters. The predicted molar refractivity (Wildman–Crippen MR) is 50.5 cm³/mol. The van der Waals surface area contributed by atoms with Crippen molar-refractivity contribution in [1.29, 1.82) is 0 Å². The Labute approximate surface area is 70.8 Å². The van der Waals surface area contributed by atoms with E-state index in [-0.39, 0.29) is 0 Å². The van der Waals surface area contributed by atoms with Crippen LogP contribution in [0.25, 0.3) is 0 Å². The number of nitrogens with two attached hydrogens (primary N) is 1. The van der Waals surface area contributed by atoms with E-state index in [2.05, 4.69) is 6.92 Å². The number of aliphatic hydroxyl groups is 1. The molecule has 0 aromatic heterocycles. The van der Waals surface area contributed by atoms with Gasteiger partial charge in [0.1, 0.15) is 0 Å². The third kappa shape index (κ3) is 7.82. The third-order valence-electron chi connectivity index (χ3n) is 1.74. The highest BCUT2D eigenvalue weighted by atomic mass is 16.2. The zero-order valence-corrected chi connectivity index (χ0v) is 8.30. The van der Waals surface area contributed by atoms with E-state index in [0.717, 1.165) is 13.0 Å². The Morgan fingerprint density at radius 1 is 1.18 bits per heavy atom. The first-order valence-electron chi connectivity index (χ1n) is 4.49. The molecule has 0 aromatic rings. The fraction of sp³-hybridized carbons (Fsp3) is 1.00. The zero-order chi connectivity index (χ0) is 9.28. The van der Waals surface area contributed by atoms with Crippen LogP contribution in [0.15, 0.2) is 0 Å². The second kappa shape index (κ2) is 9.92. The van der Waals surface area contributed by atoms with Crippen LogP contribution < -0.4 is 5.73 Å². The van der Waals surface area contributed by atoms with Crippen LogP contribution in [0.2, 0.25) is 0 Å². The molecular weight excluding hydrogens is 138 g/mol. The van der Waals surface area contributed by atoms with Crippen molar-refractivity contribution in [2.75, 3.05) is 7.11 Å². The minimum absolute atomic E-state index is 0.523. The summed E-state index contributed by atoms with van der Waals surface area (Å²) in [4.78, 5) is 0. The summed E-state index contributed by atoms with van der Waals surface area (Å²) >= 11 is 0. The molecule has 3 N–H and O–H groups in total. The Morgan fingerprint density at radius 3 is 1.73 bits per heavy atom. The van der Waals surface area contributed by atoms with Crippen LogP contribution in [-0.2, 0) is 0 Å². The monoisotopic (exact) mass is 161 g/mol. The molecule has 2 unspecified atom stereocenters. The predicted octanol–water partition coefficient (Wildman–Crippen LogP) is 1.77. The summed E-state index contributed by atoms with van der Waals surface area (Å²) in [5, 5.41) is 7.00. The summed E-state index contributed by atoms with van der Waals surface area (Å²) in [5.41, 5.74) is 5.63. The molecule has 1 fully saturated rings. The Morgan fingerprint density at radius 2 is 1.64 bits per heavy atom. The maximum absolute atomic E-state index is 7.00. The van der Waals surface area contributed by atoms with Crippen LogP contribution in [0.1, 0.15) is 40.0 Å². The summed E-state index contributed by atoms with van der Waals surface area (Å²) < 4.78 is 0. The van der Waals surface area contributed by atoms with Crippen molar-refractivity contribution >= 4 is 0 Å². The van der Waals surface area contributed by atoms with E-state index in [4.69, 9.17) is 10.8 Å².